The van der Waals surface area contributed by atoms with Gasteiger partial charge in [0.2, 0.25) is 0 Å². The maximum Gasteiger partial charge on any atom is 0.146 e. The third-order valence-corrected chi connectivity index (χ3v) is 3.11. The van der Waals surface area contributed by atoms with E-state index in [1.807, 2.05) is 6.07 Å². The first-order valence-electron chi connectivity index (χ1n) is 5.51. The first kappa shape index (κ1) is 10.4. The van der Waals surface area contributed by atoms with E-state index in [-0.39, 0.29) is 5.82 Å². The minimum Gasteiger partial charge on any atom is -0.396 e. The van der Waals surface area contributed by atoms with Crippen LogP contribution in [0.25, 0.3) is 0 Å². The summed E-state index contributed by atoms with van der Waals surface area (Å²) in [7, 11) is 0. The highest BCUT2D eigenvalue weighted by atomic mass is 19.1. The van der Waals surface area contributed by atoms with Crippen molar-refractivity contribution in [3.63, 3.8) is 0 Å². The molecule has 1 fully saturated rings. The Morgan fingerprint density at radius 2 is 2.07 bits per heavy atom. The lowest BCUT2D eigenvalue weighted by atomic mass is 9.90. The van der Waals surface area contributed by atoms with Gasteiger partial charge in [0.25, 0.3) is 0 Å². The van der Waals surface area contributed by atoms with Gasteiger partial charge in [-0.1, -0.05) is 12.1 Å². The minimum absolute atomic E-state index is 0.290. The number of rotatable bonds is 2. The first-order valence-corrected chi connectivity index (χ1v) is 5.51. The normalized spacial score (nSPS) is 17.9. The van der Waals surface area contributed by atoms with Crippen molar-refractivity contribution >= 4 is 5.69 Å². The molecule has 1 saturated heterocycles. The second-order valence-electron chi connectivity index (χ2n) is 4.21. The summed E-state index contributed by atoms with van der Waals surface area (Å²) >= 11 is 0. The maximum absolute atomic E-state index is 13.2. The van der Waals surface area contributed by atoms with Gasteiger partial charge in [0.05, 0.1) is 5.69 Å². The summed E-state index contributed by atoms with van der Waals surface area (Å²) in [6.07, 6.45) is 3.23. The molecule has 0 atom stereocenters. The van der Waals surface area contributed by atoms with Crippen LogP contribution in [0.4, 0.5) is 10.1 Å². The Hall–Kier alpha value is -1.09. The van der Waals surface area contributed by atoms with E-state index in [2.05, 4.69) is 5.32 Å². The number of halogens is 1. The molecule has 1 aromatic carbocycles. The molecule has 3 N–H and O–H groups in total. The first-order chi connectivity index (χ1) is 7.27. The zero-order chi connectivity index (χ0) is 10.7. The molecule has 0 amide bonds. The number of nitrogen functional groups attached to an aromatic ring is 1. The molecule has 0 radical (unpaired) electrons. The van der Waals surface area contributed by atoms with Crippen LogP contribution in [0.15, 0.2) is 18.2 Å². The summed E-state index contributed by atoms with van der Waals surface area (Å²) in [6, 6.07) is 5.09. The van der Waals surface area contributed by atoms with E-state index in [0.717, 1.165) is 37.9 Å². The summed E-state index contributed by atoms with van der Waals surface area (Å²) in [5.74, 6) is 0.358. The standard InChI is InChI=1S/C12H17FN2/c13-11-3-1-2-10(12(11)14)8-9-4-6-15-7-5-9/h1-3,9,15H,4-8,14H2. The second kappa shape index (κ2) is 4.62. The lowest BCUT2D eigenvalue weighted by Gasteiger charge is -2.23. The molecule has 0 unspecified atom stereocenters. The largest absolute Gasteiger partial charge is 0.396 e. The Morgan fingerprint density at radius 1 is 1.33 bits per heavy atom. The lowest BCUT2D eigenvalue weighted by molar-refractivity contribution is 0.372. The molecule has 82 valence electrons. The van der Waals surface area contributed by atoms with Gasteiger partial charge in [-0.2, -0.15) is 0 Å². The highest BCUT2D eigenvalue weighted by molar-refractivity contribution is 5.48. The van der Waals surface area contributed by atoms with Crippen molar-refractivity contribution in [1.29, 1.82) is 0 Å². The fourth-order valence-corrected chi connectivity index (χ4v) is 2.16. The number of hydrogen-bond acceptors (Lipinski definition) is 2. The predicted molar refractivity (Wildman–Crippen MR) is 60.1 cm³/mol. The van der Waals surface area contributed by atoms with Crippen molar-refractivity contribution < 1.29 is 4.39 Å². The number of piperidine rings is 1. The van der Waals surface area contributed by atoms with Crippen molar-refractivity contribution in [2.75, 3.05) is 18.8 Å². The van der Waals surface area contributed by atoms with Crippen LogP contribution < -0.4 is 11.1 Å². The molecule has 1 aliphatic rings. The fraction of sp³-hybridized carbons (Fsp3) is 0.500. The van der Waals surface area contributed by atoms with E-state index >= 15 is 0 Å². The van der Waals surface area contributed by atoms with Crippen molar-refractivity contribution in [1.82, 2.24) is 5.32 Å². The molecule has 1 aliphatic heterocycles. The summed E-state index contributed by atoms with van der Waals surface area (Å²) in [4.78, 5) is 0. The molecule has 0 saturated carbocycles. The Balaban J connectivity index is 2.06. The van der Waals surface area contributed by atoms with Crippen LogP contribution in [0.2, 0.25) is 0 Å². The van der Waals surface area contributed by atoms with Crippen LogP contribution in [0.3, 0.4) is 0 Å². The number of hydrogen-bond donors (Lipinski definition) is 2. The van der Waals surface area contributed by atoms with Crippen molar-refractivity contribution in [2.45, 2.75) is 19.3 Å². The molecule has 1 aromatic rings. The second-order valence-corrected chi connectivity index (χ2v) is 4.21. The Kier molecular flexibility index (Phi) is 3.21. The molecule has 0 spiro atoms. The van der Waals surface area contributed by atoms with Crippen molar-refractivity contribution in [3.8, 4) is 0 Å². The van der Waals surface area contributed by atoms with E-state index < -0.39 is 0 Å². The molecule has 2 rings (SSSR count). The number of benzene rings is 1. The van der Waals surface area contributed by atoms with Crippen LogP contribution in [0, 0.1) is 11.7 Å². The van der Waals surface area contributed by atoms with Crippen LogP contribution >= 0.6 is 0 Å². The van der Waals surface area contributed by atoms with Crippen LogP contribution in [0.1, 0.15) is 18.4 Å². The number of para-hydroxylation sites is 1. The SMILES string of the molecule is Nc1c(F)cccc1CC1CCNCC1. The molecule has 0 aliphatic carbocycles. The Morgan fingerprint density at radius 3 is 2.80 bits per heavy atom. The van der Waals surface area contributed by atoms with Gasteiger partial charge >= 0.3 is 0 Å². The van der Waals surface area contributed by atoms with Crippen LogP contribution in [-0.2, 0) is 6.42 Å². The van der Waals surface area contributed by atoms with E-state index in [9.17, 15) is 4.39 Å². The van der Waals surface area contributed by atoms with Crippen LogP contribution in [0.5, 0.6) is 0 Å². The van der Waals surface area contributed by atoms with Crippen molar-refractivity contribution in [3.05, 3.63) is 29.6 Å². The highest BCUT2D eigenvalue weighted by Gasteiger charge is 2.15. The maximum atomic E-state index is 13.2. The number of anilines is 1. The van der Waals surface area contributed by atoms with E-state index in [4.69, 9.17) is 5.73 Å². The smallest absolute Gasteiger partial charge is 0.146 e. The minimum atomic E-state index is -0.290. The van der Waals surface area contributed by atoms with Gasteiger partial charge < -0.3 is 11.1 Å². The Bertz CT molecular complexity index is 332. The van der Waals surface area contributed by atoms with Crippen LogP contribution in [-0.4, -0.2) is 13.1 Å². The van der Waals surface area contributed by atoms with Gasteiger partial charge in [-0.15, -0.1) is 0 Å². The zero-order valence-corrected chi connectivity index (χ0v) is 8.80. The molecular formula is C12H17FN2. The number of nitrogens with two attached hydrogens (primary N) is 1. The third kappa shape index (κ3) is 2.48. The van der Waals surface area contributed by atoms with Crippen molar-refractivity contribution in [2.24, 2.45) is 5.92 Å². The summed E-state index contributed by atoms with van der Waals surface area (Å²) in [5.41, 5.74) is 7.00. The quantitative estimate of drug-likeness (QED) is 0.729. The van der Waals surface area contributed by atoms with E-state index in [1.165, 1.54) is 6.07 Å². The van der Waals surface area contributed by atoms with Gasteiger partial charge in [0, 0.05) is 0 Å². The summed E-state index contributed by atoms with van der Waals surface area (Å²) < 4.78 is 13.2. The van der Waals surface area contributed by atoms with Gasteiger partial charge in [-0.05, 0) is 49.9 Å². The molecule has 2 nitrogen and oxygen atoms in total. The molecule has 0 aromatic heterocycles. The molecular weight excluding hydrogens is 191 g/mol. The lowest BCUT2D eigenvalue weighted by Crippen LogP contribution is -2.28. The Labute approximate surface area is 89.7 Å². The molecule has 3 heteroatoms. The average Bonchev–Trinajstić information content (AvgIpc) is 2.26. The van der Waals surface area contributed by atoms with Gasteiger partial charge in [-0.3, -0.25) is 0 Å². The van der Waals surface area contributed by atoms with E-state index in [1.54, 1.807) is 6.07 Å². The summed E-state index contributed by atoms with van der Waals surface area (Å²) in [5, 5.41) is 3.32. The van der Waals surface area contributed by atoms with Gasteiger partial charge in [-0.25, -0.2) is 4.39 Å². The molecule has 0 bridgehead atoms. The molecule has 1 heterocycles. The van der Waals surface area contributed by atoms with Gasteiger partial charge in [0.15, 0.2) is 0 Å². The zero-order valence-electron chi connectivity index (χ0n) is 8.80. The number of nitrogens with one attached hydrogen (secondary N) is 1. The van der Waals surface area contributed by atoms with Gasteiger partial charge in [0.1, 0.15) is 5.82 Å². The highest BCUT2D eigenvalue weighted by Crippen LogP contribution is 2.23. The molecule has 15 heavy (non-hydrogen) atoms. The van der Waals surface area contributed by atoms with E-state index in [0.29, 0.717) is 11.6 Å². The monoisotopic (exact) mass is 208 g/mol. The summed E-state index contributed by atoms with van der Waals surface area (Å²) in [6.45, 7) is 2.14. The predicted octanol–water partition coefficient (Wildman–Crippen LogP) is 1.95. The third-order valence-electron chi connectivity index (χ3n) is 3.11. The average molecular weight is 208 g/mol. The fourth-order valence-electron chi connectivity index (χ4n) is 2.16. The topological polar surface area (TPSA) is 38.0 Å².